The van der Waals surface area contributed by atoms with E-state index in [-0.39, 0.29) is 19.1 Å². The van der Waals surface area contributed by atoms with E-state index in [0.717, 1.165) is 22.4 Å². The summed E-state index contributed by atoms with van der Waals surface area (Å²) in [6.07, 6.45) is 0. The lowest BCUT2D eigenvalue weighted by Crippen LogP contribution is -2.31. The van der Waals surface area contributed by atoms with E-state index in [4.69, 9.17) is 9.84 Å². The Bertz CT molecular complexity index is 406. The number of hydrogen-bond acceptors (Lipinski definition) is 3. The van der Waals surface area contributed by atoms with E-state index in [2.05, 4.69) is 0 Å². The second-order valence-electron chi connectivity index (χ2n) is 4.41. The van der Waals surface area contributed by atoms with Gasteiger partial charge in [0.15, 0.2) is 6.61 Å². The molecular weight excluding hydrogens is 230 g/mol. The molecule has 1 N–H and O–H groups in total. The first kappa shape index (κ1) is 14.5. The second kappa shape index (κ2) is 6.40. The first-order chi connectivity index (χ1) is 8.49. The zero-order chi connectivity index (χ0) is 13.7. The van der Waals surface area contributed by atoms with Crippen LogP contribution in [0.1, 0.15) is 23.6 Å². The van der Waals surface area contributed by atoms with Crippen LogP contribution in [0.4, 0.5) is 0 Å². The molecular formula is C14H21NO3. The summed E-state index contributed by atoms with van der Waals surface area (Å²) >= 11 is 0. The van der Waals surface area contributed by atoms with Crippen LogP contribution in [0.15, 0.2) is 12.1 Å². The van der Waals surface area contributed by atoms with E-state index >= 15 is 0 Å². The molecule has 0 aromatic heterocycles. The largest absolute Gasteiger partial charge is 0.483 e. The molecule has 0 saturated carbocycles. The molecule has 18 heavy (non-hydrogen) atoms. The Kier molecular flexibility index (Phi) is 5.16. The van der Waals surface area contributed by atoms with Gasteiger partial charge in [0.2, 0.25) is 0 Å². The Balaban J connectivity index is 2.77. The van der Waals surface area contributed by atoms with Crippen molar-refractivity contribution in [1.82, 2.24) is 4.90 Å². The molecule has 4 nitrogen and oxygen atoms in total. The minimum absolute atomic E-state index is 0.0134. The molecule has 0 aliphatic heterocycles. The second-order valence-corrected chi connectivity index (χ2v) is 4.41. The number of aryl methyl sites for hydroxylation is 2. The number of hydrogen-bond donors (Lipinski definition) is 1. The van der Waals surface area contributed by atoms with Crippen LogP contribution in [0.2, 0.25) is 0 Å². The average Bonchev–Trinajstić information content (AvgIpc) is 2.36. The highest BCUT2D eigenvalue weighted by atomic mass is 16.5. The Morgan fingerprint density at radius 2 is 1.89 bits per heavy atom. The van der Waals surface area contributed by atoms with Gasteiger partial charge in [-0.15, -0.1) is 0 Å². The molecule has 100 valence electrons. The lowest BCUT2D eigenvalue weighted by Gasteiger charge is -2.17. The number of carbonyl (C=O) groups is 1. The monoisotopic (exact) mass is 251 g/mol. The van der Waals surface area contributed by atoms with Crippen molar-refractivity contribution in [2.45, 2.75) is 27.4 Å². The molecule has 0 heterocycles. The van der Waals surface area contributed by atoms with Gasteiger partial charge in [0.05, 0.1) is 6.61 Å². The quantitative estimate of drug-likeness (QED) is 0.865. The molecule has 0 unspecified atom stereocenters. The van der Waals surface area contributed by atoms with Gasteiger partial charge in [-0.1, -0.05) is 12.1 Å². The van der Waals surface area contributed by atoms with Crippen LogP contribution >= 0.6 is 0 Å². The number of likely N-dealkylation sites (N-methyl/N-ethyl adjacent to an activating group) is 1. The Hall–Kier alpha value is -1.55. The van der Waals surface area contributed by atoms with Crippen LogP contribution in [-0.4, -0.2) is 36.1 Å². The fourth-order valence-electron chi connectivity index (χ4n) is 1.78. The summed E-state index contributed by atoms with van der Waals surface area (Å²) in [5, 5.41) is 9.10. The fraction of sp³-hybridized carbons (Fsp3) is 0.500. The first-order valence-corrected chi connectivity index (χ1v) is 6.07. The van der Waals surface area contributed by atoms with Crippen molar-refractivity contribution < 1.29 is 14.6 Å². The predicted octanol–water partition coefficient (Wildman–Crippen LogP) is 1.65. The summed E-state index contributed by atoms with van der Waals surface area (Å²) in [5.41, 5.74) is 2.73. The molecule has 1 aromatic rings. The number of aliphatic hydroxyl groups excluding tert-OH is 1. The highest BCUT2D eigenvalue weighted by molar-refractivity contribution is 5.77. The molecule has 0 bridgehead atoms. The zero-order valence-electron chi connectivity index (χ0n) is 11.5. The van der Waals surface area contributed by atoms with Gasteiger partial charge in [-0.05, 0) is 37.5 Å². The fourth-order valence-corrected chi connectivity index (χ4v) is 1.78. The number of rotatable bonds is 5. The third-order valence-corrected chi connectivity index (χ3v) is 2.94. The summed E-state index contributed by atoms with van der Waals surface area (Å²) in [5.74, 6) is 0.688. The van der Waals surface area contributed by atoms with Gasteiger partial charge >= 0.3 is 0 Å². The van der Waals surface area contributed by atoms with E-state index in [1.807, 2.05) is 32.9 Å². The summed E-state index contributed by atoms with van der Waals surface area (Å²) < 4.78 is 5.58. The van der Waals surface area contributed by atoms with E-state index in [1.165, 1.54) is 0 Å². The first-order valence-electron chi connectivity index (χ1n) is 6.07. The van der Waals surface area contributed by atoms with Crippen LogP contribution in [0, 0.1) is 13.8 Å². The molecule has 0 saturated heterocycles. The third kappa shape index (κ3) is 3.47. The van der Waals surface area contributed by atoms with E-state index in [9.17, 15) is 4.79 Å². The number of aliphatic hydroxyl groups is 1. The maximum atomic E-state index is 11.7. The molecule has 0 radical (unpaired) electrons. The standard InChI is InChI=1S/C14H21NO3/c1-5-15(4)13(17)9-18-14-10(2)6-12(8-16)7-11(14)3/h6-7,16H,5,8-9H2,1-4H3. The van der Waals surface area contributed by atoms with Crippen LogP contribution < -0.4 is 4.74 Å². The van der Waals surface area contributed by atoms with Crippen molar-refractivity contribution in [3.05, 3.63) is 28.8 Å². The van der Waals surface area contributed by atoms with Crippen molar-refractivity contribution in [1.29, 1.82) is 0 Å². The minimum atomic E-state index is -0.0393. The van der Waals surface area contributed by atoms with E-state index < -0.39 is 0 Å². The van der Waals surface area contributed by atoms with Gasteiger partial charge in [-0.3, -0.25) is 4.79 Å². The molecule has 4 heteroatoms. The van der Waals surface area contributed by atoms with Gasteiger partial charge in [0.1, 0.15) is 5.75 Å². The highest BCUT2D eigenvalue weighted by Crippen LogP contribution is 2.24. The average molecular weight is 251 g/mol. The van der Waals surface area contributed by atoms with E-state index in [0.29, 0.717) is 6.54 Å². The van der Waals surface area contributed by atoms with Gasteiger partial charge in [-0.2, -0.15) is 0 Å². The Labute approximate surface area is 108 Å². The van der Waals surface area contributed by atoms with Gasteiger partial charge in [0.25, 0.3) is 5.91 Å². The molecule has 1 aromatic carbocycles. The molecule has 0 fully saturated rings. The SMILES string of the molecule is CCN(C)C(=O)COc1c(C)cc(CO)cc1C. The number of ether oxygens (including phenoxy) is 1. The smallest absolute Gasteiger partial charge is 0.260 e. The third-order valence-electron chi connectivity index (χ3n) is 2.94. The lowest BCUT2D eigenvalue weighted by atomic mass is 10.1. The summed E-state index contributed by atoms with van der Waals surface area (Å²) in [6, 6.07) is 3.74. The van der Waals surface area contributed by atoms with Gasteiger partial charge in [0, 0.05) is 13.6 Å². The summed E-state index contributed by atoms with van der Waals surface area (Å²) in [4.78, 5) is 13.3. The number of nitrogens with zero attached hydrogens (tertiary/aromatic N) is 1. The molecule has 0 spiro atoms. The maximum Gasteiger partial charge on any atom is 0.260 e. The summed E-state index contributed by atoms with van der Waals surface area (Å²) in [7, 11) is 1.75. The predicted molar refractivity (Wildman–Crippen MR) is 70.6 cm³/mol. The van der Waals surface area contributed by atoms with Crippen LogP contribution in [0.25, 0.3) is 0 Å². The van der Waals surface area contributed by atoms with Crippen LogP contribution in [-0.2, 0) is 11.4 Å². The maximum absolute atomic E-state index is 11.7. The van der Waals surface area contributed by atoms with Crippen LogP contribution in [0.5, 0.6) is 5.75 Å². The van der Waals surface area contributed by atoms with Crippen molar-refractivity contribution in [2.75, 3.05) is 20.2 Å². The van der Waals surface area contributed by atoms with Crippen molar-refractivity contribution in [2.24, 2.45) is 0 Å². The molecule has 0 aliphatic rings. The van der Waals surface area contributed by atoms with Crippen molar-refractivity contribution >= 4 is 5.91 Å². The topological polar surface area (TPSA) is 49.8 Å². The van der Waals surface area contributed by atoms with Crippen molar-refractivity contribution in [3.8, 4) is 5.75 Å². The van der Waals surface area contributed by atoms with Crippen molar-refractivity contribution in [3.63, 3.8) is 0 Å². The number of benzene rings is 1. The molecule has 1 amide bonds. The highest BCUT2D eigenvalue weighted by Gasteiger charge is 2.11. The number of amides is 1. The lowest BCUT2D eigenvalue weighted by molar-refractivity contribution is -0.131. The van der Waals surface area contributed by atoms with E-state index in [1.54, 1.807) is 11.9 Å². The summed E-state index contributed by atoms with van der Waals surface area (Å²) in [6.45, 7) is 6.48. The molecule has 0 aliphatic carbocycles. The Morgan fingerprint density at radius 3 is 2.33 bits per heavy atom. The zero-order valence-corrected chi connectivity index (χ0v) is 11.5. The molecule has 0 atom stereocenters. The van der Waals surface area contributed by atoms with Gasteiger partial charge in [-0.25, -0.2) is 0 Å². The van der Waals surface area contributed by atoms with Crippen LogP contribution in [0.3, 0.4) is 0 Å². The van der Waals surface area contributed by atoms with Gasteiger partial charge < -0.3 is 14.7 Å². The minimum Gasteiger partial charge on any atom is -0.483 e. The normalized spacial score (nSPS) is 10.3. The number of carbonyl (C=O) groups excluding carboxylic acids is 1. The molecule has 1 rings (SSSR count). The Morgan fingerprint density at radius 1 is 1.33 bits per heavy atom.